The van der Waals surface area contributed by atoms with Gasteiger partial charge in [0.1, 0.15) is 0 Å². The average molecular weight is 224 g/mol. The summed E-state index contributed by atoms with van der Waals surface area (Å²) >= 11 is 0. The van der Waals surface area contributed by atoms with Gasteiger partial charge in [0.2, 0.25) is 0 Å². The van der Waals surface area contributed by atoms with E-state index in [1.165, 1.54) is 19.3 Å². The second kappa shape index (κ2) is 5.46. The van der Waals surface area contributed by atoms with Crippen molar-refractivity contribution < 1.29 is 9.26 Å². The quantitative estimate of drug-likeness (QED) is 0.850. The highest BCUT2D eigenvalue weighted by Gasteiger charge is 2.21. The Labute approximate surface area is 96.3 Å². The van der Waals surface area contributed by atoms with Gasteiger partial charge in [-0.1, -0.05) is 5.16 Å². The molecule has 0 radical (unpaired) electrons. The maximum absolute atomic E-state index is 5.40. The highest BCUT2D eigenvalue weighted by molar-refractivity contribution is 5.02. The summed E-state index contributed by atoms with van der Waals surface area (Å²) in [4.78, 5) is 0. The first-order chi connectivity index (χ1) is 7.78. The number of rotatable bonds is 4. The first kappa shape index (κ1) is 11.6. The molecule has 1 heterocycles. The molecule has 1 N–H and O–H groups in total. The number of nitrogens with zero attached hydrogens (tertiary/aromatic N) is 1. The van der Waals surface area contributed by atoms with E-state index >= 15 is 0 Å². The van der Waals surface area contributed by atoms with Gasteiger partial charge in [0.25, 0.3) is 0 Å². The molecule has 0 bridgehead atoms. The van der Waals surface area contributed by atoms with Crippen molar-refractivity contribution in [3.8, 4) is 0 Å². The fraction of sp³-hybridized carbons (Fsp3) is 0.750. The number of hydrogen-bond donors (Lipinski definition) is 1. The minimum Gasteiger partial charge on any atom is -0.381 e. The first-order valence-corrected chi connectivity index (χ1v) is 5.96. The van der Waals surface area contributed by atoms with Gasteiger partial charge in [-0.2, -0.15) is 0 Å². The SMILES string of the molecule is COC1CCCC(NCc2cc(C)no2)C1. The van der Waals surface area contributed by atoms with E-state index in [2.05, 4.69) is 10.5 Å². The molecule has 1 aliphatic carbocycles. The van der Waals surface area contributed by atoms with Gasteiger partial charge < -0.3 is 14.6 Å². The van der Waals surface area contributed by atoms with Gasteiger partial charge in [-0.25, -0.2) is 0 Å². The third-order valence-electron chi connectivity index (χ3n) is 3.20. The fourth-order valence-electron chi connectivity index (χ4n) is 2.29. The highest BCUT2D eigenvalue weighted by Crippen LogP contribution is 2.20. The summed E-state index contributed by atoms with van der Waals surface area (Å²) in [5, 5.41) is 7.37. The topological polar surface area (TPSA) is 47.3 Å². The van der Waals surface area contributed by atoms with Crippen LogP contribution in [0.25, 0.3) is 0 Å². The molecule has 1 saturated carbocycles. The van der Waals surface area contributed by atoms with Crippen LogP contribution in [-0.4, -0.2) is 24.4 Å². The molecule has 4 heteroatoms. The van der Waals surface area contributed by atoms with Gasteiger partial charge in [-0.15, -0.1) is 0 Å². The molecule has 1 aliphatic rings. The second-order valence-electron chi connectivity index (χ2n) is 4.54. The lowest BCUT2D eigenvalue weighted by atomic mass is 9.93. The van der Waals surface area contributed by atoms with Crippen molar-refractivity contribution in [3.63, 3.8) is 0 Å². The van der Waals surface area contributed by atoms with E-state index in [1.54, 1.807) is 7.11 Å². The van der Waals surface area contributed by atoms with Gasteiger partial charge >= 0.3 is 0 Å². The number of nitrogens with one attached hydrogen (secondary N) is 1. The van der Waals surface area contributed by atoms with Crippen LogP contribution in [0.4, 0.5) is 0 Å². The molecule has 1 aromatic heterocycles. The van der Waals surface area contributed by atoms with E-state index in [4.69, 9.17) is 9.26 Å². The van der Waals surface area contributed by atoms with Crippen LogP contribution in [0.15, 0.2) is 10.6 Å². The summed E-state index contributed by atoms with van der Waals surface area (Å²) in [5.41, 5.74) is 0.940. The van der Waals surface area contributed by atoms with Crippen LogP contribution in [-0.2, 0) is 11.3 Å². The molecule has 0 aromatic carbocycles. The number of aromatic nitrogens is 1. The average Bonchev–Trinajstić information content (AvgIpc) is 2.73. The molecule has 16 heavy (non-hydrogen) atoms. The van der Waals surface area contributed by atoms with Crippen molar-refractivity contribution in [2.24, 2.45) is 0 Å². The van der Waals surface area contributed by atoms with Gasteiger partial charge in [0.05, 0.1) is 18.3 Å². The predicted molar refractivity (Wildman–Crippen MR) is 61.1 cm³/mol. The van der Waals surface area contributed by atoms with Crippen LogP contribution in [0.2, 0.25) is 0 Å². The molecule has 2 rings (SSSR count). The molecule has 0 amide bonds. The highest BCUT2D eigenvalue weighted by atomic mass is 16.5. The Balaban J connectivity index is 1.77. The molecule has 4 nitrogen and oxygen atoms in total. The lowest BCUT2D eigenvalue weighted by molar-refractivity contribution is 0.0582. The largest absolute Gasteiger partial charge is 0.381 e. The number of ether oxygens (including phenoxy) is 1. The smallest absolute Gasteiger partial charge is 0.150 e. The van der Waals surface area contributed by atoms with E-state index in [9.17, 15) is 0 Å². The molecular formula is C12H20N2O2. The number of methoxy groups -OCH3 is 1. The monoisotopic (exact) mass is 224 g/mol. The minimum atomic E-state index is 0.419. The van der Waals surface area contributed by atoms with Gasteiger partial charge in [-0.3, -0.25) is 0 Å². The van der Waals surface area contributed by atoms with E-state index in [0.717, 1.165) is 24.4 Å². The molecular weight excluding hydrogens is 204 g/mol. The molecule has 2 atom stereocenters. The summed E-state index contributed by atoms with van der Waals surface area (Å²) in [7, 11) is 1.80. The van der Waals surface area contributed by atoms with Crippen molar-refractivity contribution in [3.05, 3.63) is 17.5 Å². The normalized spacial score (nSPS) is 25.9. The van der Waals surface area contributed by atoms with Crippen molar-refractivity contribution >= 4 is 0 Å². The molecule has 1 aromatic rings. The van der Waals surface area contributed by atoms with Gasteiger partial charge in [0, 0.05) is 19.2 Å². The molecule has 0 spiro atoms. The van der Waals surface area contributed by atoms with Crippen molar-refractivity contribution in [1.29, 1.82) is 0 Å². The predicted octanol–water partition coefficient (Wildman–Crippen LogP) is 2.03. The Morgan fingerprint density at radius 3 is 3.12 bits per heavy atom. The Morgan fingerprint density at radius 1 is 1.56 bits per heavy atom. The Bertz CT molecular complexity index is 325. The maximum atomic E-state index is 5.40. The van der Waals surface area contributed by atoms with Crippen LogP contribution >= 0.6 is 0 Å². The first-order valence-electron chi connectivity index (χ1n) is 5.96. The zero-order valence-electron chi connectivity index (χ0n) is 10.0. The van der Waals surface area contributed by atoms with Gasteiger partial charge in [-0.05, 0) is 32.6 Å². The van der Waals surface area contributed by atoms with E-state index in [1.807, 2.05) is 13.0 Å². The lowest BCUT2D eigenvalue weighted by Gasteiger charge is -2.28. The molecule has 90 valence electrons. The van der Waals surface area contributed by atoms with E-state index in [-0.39, 0.29) is 0 Å². The number of aryl methyl sites for hydroxylation is 1. The standard InChI is InChI=1S/C12H20N2O2/c1-9-6-12(16-14-9)8-13-10-4-3-5-11(7-10)15-2/h6,10-11,13H,3-5,7-8H2,1-2H3. The minimum absolute atomic E-state index is 0.419. The van der Waals surface area contributed by atoms with Crippen LogP contribution in [0, 0.1) is 6.92 Å². The third kappa shape index (κ3) is 3.06. The zero-order valence-corrected chi connectivity index (χ0v) is 10.0. The summed E-state index contributed by atoms with van der Waals surface area (Å²) in [6.45, 7) is 2.70. The maximum Gasteiger partial charge on any atom is 0.150 e. The second-order valence-corrected chi connectivity index (χ2v) is 4.54. The van der Waals surface area contributed by atoms with Crippen LogP contribution in [0.3, 0.4) is 0 Å². The Morgan fingerprint density at radius 2 is 2.44 bits per heavy atom. The summed E-state index contributed by atoms with van der Waals surface area (Å²) < 4.78 is 10.6. The fourth-order valence-corrected chi connectivity index (χ4v) is 2.29. The molecule has 1 fully saturated rings. The molecule has 2 unspecified atom stereocenters. The Hall–Kier alpha value is -0.870. The van der Waals surface area contributed by atoms with E-state index < -0.39 is 0 Å². The zero-order chi connectivity index (χ0) is 11.4. The van der Waals surface area contributed by atoms with Crippen LogP contribution in [0.1, 0.15) is 37.1 Å². The van der Waals surface area contributed by atoms with Crippen LogP contribution < -0.4 is 5.32 Å². The summed E-state index contributed by atoms with van der Waals surface area (Å²) in [6.07, 6.45) is 5.18. The van der Waals surface area contributed by atoms with Crippen molar-refractivity contribution in [2.45, 2.75) is 51.3 Å². The van der Waals surface area contributed by atoms with Crippen molar-refractivity contribution in [1.82, 2.24) is 10.5 Å². The Kier molecular flexibility index (Phi) is 3.96. The molecule has 0 aliphatic heterocycles. The van der Waals surface area contributed by atoms with E-state index in [0.29, 0.717) is 12.1 Å². The molecule has 0 saturated heterocycles. The lowest BCUT2D eigenvalue weighted by Crippen LogP contribution is -2.36. The summed E-state index contributed by atoms with van der Waals surface area (Å²) in [5.74, 6) is 0.914. The van der Waals surface area contributed by atoms with Crippen molar-refractivity contribution in [2.75, 3.05) is 7.11 Å². The summed E-state index contributed by atoms with van der Waals surface area (Å²) in [6, 6.07) is 2.52. The third-order valence-corrected chi connectivity index (χ3v) is 3.20. The number of hydrogen-bond acceptors (Lipinski definition) is 4. The van der Waals surface area contributed by atoms with Crippen LogP contribution in [0.5, 0.6) is 0 Å². The van der Waals surface area contributed by atoms with Gasteiger partial charge in [0.15, 0.2) is 5.76 Å².